The van der Waals surface area contributed by atoms with Crippen molar-refractivity contribution in [1.29, 1.82) is 0 Å². The van der Waals surface area contributed by atoms with Crippen LogP contribution in [0, 0.1) is 5.92 Å². The lowest BCUT2D eigenvalue weighted by atomic mass is 9.83. The SMILES string of the molecule is O=C1C=C[C@H]([C@H](O)C2CCCCC2)O1. The average molecular weight is 196 g/mol. The van der Waals surface area contributed by atoms with Crippen LogP contribution < -0.4 is 0 Å². The maximum absolute atomic E-state index is 10.8. The molecule has 1 fully saturated rings. The Morgan fingerprint density at radius 2 is 2.07 bits per heavy atom. The third kappa shape index (κ3) is 1.98. The van der Waals surface area contributed by atoms with E-state index in [1.54, 1.807) is 6.08 Å². The van der Waals surface area contributed by atoms with Crippen molar-refractivity contribution in [3.8, 4) is 0 Å². The fraction of sp³-hybridized carbons (Fsp3) is 0.727. The van der Waals surface area contributed by atoms with E-state index in [2.05, 4.69) is 0 Å². The molecule has 0 unspecified atom stereocenters. The first-order chi connectivity index (χ1) is 6.77. The van der Waals surface area contributed by atoms with E-state index < -0.39 is 12.2 Å². The van der Waals surface area contributed by atoms with Crippen LogP contribution in [0.1, 0.15) is 32.1 Å². The molecule has 0 saturated heterocycles. The number of aliphatic hydroxyl groups is 1. The summed E-state index contributed by atoms with van der Waals surface area (Å²) in [6.45, 7) is 0. The molecule has 2 rings (SSSR count). The van der Waals surface area contributed by atoms with Gasteiger partial charge in [0.25, 0.3) is 0 Å². The first-order valence-electron chi connectivity index (χ1n) is 5.34. The highest BCUT2D eigenvalue weighted by atomic mass is 16.6. The highest BCUT2D eigenvalue weighted by molar-refractivity contribution is 5.84. The Morgan fingerprint density at radius 1 is 1.36 bits per heavy atom. The third-order valence-electron chi connectivity index (χ3n) is 3.14. The highest BCUT2D eigenvalue weighted by Gasteiger charge is 2.31. The Kier molecular flexibility index (Phi) is 2.87. The van der Waals surface area contributed by atoms with Crippen molar-refractivity contribution in [2.24, 2.45) is 5.92 Å². The number of hydrogen-bond acceptors (Lipinski definition) is 3. The van der Waals surface area contributed by atoms with Gasteiger partial charge in [0, 0.05) is 6.08 Å². The van der Waals surface area contributed by atoms with Gasteiger partial charge in [-0.1, -0.05) is 19.3 Å². The minimum atomic E-state index is -0.502. The van der Waals surface area contributed by atoms with Gasteiger partial charge in [0.1, 0.15) is 6.10 Å². The monoisotopic (exact) mass is 196 g/mol. The normalized spacial score (nSPS) is 30.4. The van der Waals surface area contributed by atoms with Crippen molar-refractivity contribution >= 4 is 5.97 Å². The summed E-state index contributed by atoms with van der Waals surface area (Å²) >= 11 is 0. The number of ether oxygens (including phenoxy) is 1. The van der Waals surface area contributed by atoms with E-state index >= 15 is 0 Å². The smallest absolute Gasteiger partial charge is 0.331 e. The lowest BCUT2D eigenvalue weighted by molar-refractivity contribution is -0.144. The topological polar surface area (TPSA) is 46.5 Å². The number of rotatable bonds is 2. The summed E-state index contributed by atoms with van der Waals surface area (Å²) in [6, 6.07) is 0. The van der Waals surface area contributed by atoms with Gasteiger partial charge in [-0.2, -0.15) is 0 Å². The maximum Gasteiger partial charge on any atom is 0.331 e. The Labute approximate surface area is 83.8 Å². The van der Waals surface area contributed by atoms with E-state index in [0.717, 1.165) is 12.8 Å². The molecule has 3 nitrogen and oxygen atoms in total. The van der Waals surface area contributed by atoms with Crippen molar-refractivity contribution in [3.63, 3.8) is 0 Å². The molecule has 0 aromatic rings. The fourth-order valence-electron chi connectivity index (χ4n) is 2.31. The van der Waals surface area contributed by atoms with Crippen LogP contribution in [0.15, 0.2) is 12.2 Å². The molecule has 1 N–H and O–H groups in total. The Hall–Kier alpha value is -0.830. The molecule has 0 bridgehead atoms. The van der Waals surface area contributed by atoms with Gasteiger partial charge in [-0.15, -0.1) is 0 Å². The minimum absolute atomic E-state index is 0.310. The van der Waals surface area contributed by atoms with E-state index in [0.29, 0.717) is 5.92 Å². The van der Waals surface area contributed by atoms with Gasteiger partial charge in [0.15, 0.2) is 0 Å². The number of carbonyl (C=O) groups excluding carboxylic acids is 1. The summed E-state index contributed by atoms with van der Waals surface area (Å²) in [6.07, 6.45) is 7.93. The van der Waals surface area contributed by atoms with E-state index in [1.807, 2.05) is 0 Å². The molecule has 0 aromatic carbocycles. The molecule has 0 amide bonds. The van der Waals surface area contributed by atoms with Crippen LogP contribution in [-0.4, -0.2) is 23.3 Å². The van der Waals surface area contributed by atoms with E-state index in [4.69, 9.17) is 4.74 Å². The number of hydrogen-bond donors (Lipinski definition) is 1. The number of cyclic esters (lactones) is 1. The summed E-state index contributed by atoms with van der Waals surface area (Å²) in [5.74, 6) is -0.0193. The van der Waals surface area contributed by atoms with Crippen LogP contribution in [0.25, 0.3) is 0 Å². The largest absolute Gasteiger partial charge is 0.452 e. The summed E-state index contributed by atoms with van der Waals surface area (Å²) in [7, 11) is 0. The summed E-state index contributed by atoms with van der Waals surface area (Å²) in [5, 5.41) is 9.96. The molecule has 0 radical (unpaired) electrons. The highest BCUT2D eigenvalue weighted by Crippen LogP contribution is 2.29. The molecule has 1 aliphatic carbocycles. The minimum Gasteiger partial charge on any atom is -0.452 e. The van der Waals surface area contributed by atoms with Gasteiger partial charge < -0.3 is 9.84 Å². The second kappa shape index (κ2) is 4.13. The van der Waals surface area contributed by atoms with E-state index in [-0.39, 0.29) is 5.97 Å². The van der Waals surface area contributed by atoms with Gasteiger partial charge in [0.05, 0.1) is 6.10 Å². The molecule has 1 heterocycles. The standard InChI is InChI=1S/C11H16O3/c12-10-7-6-9(14-10)11(13)8-4-2-1-3-5-8/h6-9,11,13H,1-5H2/t9-,11-/m1/s1. The molecular formula is C11H16O3. The third-order valence-corrected chi connectivity index (χ3v) is 3.14. The first-order valence-corrected chi connectivity index (χ1v) is 5.34. The van der Waals surface area contributed by atoms with Gasteiger partial charge in [-0.05, 0) is 24.8 Å². The summed E-state index contributed by atoms with van der Waals surface area (Å²) < 4.78 is 4.98. The van der Waals surface area contributed by atoms with Crippen molar-refractivity contribution in [3.05, 3.63) is 12.2 Å². The zero-order valence-corrected chi connectivity index (χ0v) is 8.19. The predicted molar refractivity (Wildman–Crippen MR) is 51.6 cm³/mol. The fourth-order valence-corrected chi connectivity index (χ4v) is 2.31. The zero-order valence-electron chi connectivity index (χ0n) is 8.19. The van der Waals surface area contributed by atoms with Crippen LogP contribution in [-0.2, 0) is 9.53 Å². The molecule has 1 aliphatic heterocycles. The van der Waals surface area contributed by atoms with Crippen LogP contribution >= 0.6 is 0 Å². The van der Waals surface area contributed by atoms with Gasteiger partial charge >= 0.3 is 5.97 Å². The summed E-state index contributed by atoms with van der Waals surface area (Å²) in [5.41, 5.74) is 0. The Morgan fingerprint density at radius 3 is 2.64 bits per heavy atom. The van der Waals surface area contributed by atoms with Crippen LogP contribution in [0.5, 0.6) is 0 Å². The Balaban J connectivity index is 1.90. The summed E-state index contributed by atoms with van der Waals surface area (Å²) in [4.78, 5) is 10.8. The van der Waals surface area contributed by atoms with Crippen molar-refractivity contribution in [2.75, 3.05) is 0 Å². The molecular weight excluding hydrogens is 180 g/mol. The van der Waals surface area contributed by atoms with Crippen molar-refractivity contribution in [2.45, 2.75) is 44.3 Å². The Bertz CT molecular complexity index is 241. The molecule has 1 saturated carbocycles. The van der Waals surface area contributed by atoms with Gasteiger partial charge in [-0.25, -0.2) is 4.79 Å². The lowest BCUT2D eigenvalue weighted by Crippen LogP contribution is -2.34. The molecule has 3 heteroatoms. The lowest BCUT2D eigenvalue weighted by Gasteiger charge is -2.28. The molecule has 78 valence electrons. The first kappa shape index (κ1) is 9.71. The zero-order chi connectivity index (χ0) is 9.97. The molecule has 0 aromatic heterocycles. The van der Waals surface area contributed by atoms with E-state index in [1.165, 1.54) is 25.3 Å². The van der Waals surface area contributed by atoms with Crippen LogP contribution in [0.2, 0.25) is 0 Å². The second-order valence-corrected chi connectivity index (χ2v) is 4.15. The van der Waals surface area contributed by atoms with Crippen LogP contribution in [0.3, 0.4) is 0 Å². The second-order valence-electron chi connectivity index (χ2n) is 4.15. The molecule has 2 atom stereocenters. The number of carbonyl (C=O) groups is 1. The number of esters is 1. The van der Waals surface area contributed by atoms with Gasteiger partial charge in [0.2, 0.25) is 0 Å². The van der Waals surface area contributed by atoms with Crippen molar-refractivity contribution in [1.82, 2.24) is 0 Å². The van der Waals surface area contributed by atoms with Crippen molar-refractivity contribution < 1.29 is 14.6 Å². The maximum atomic E-state index is 10.8. The molecule has 14 heavy (non-hydrogen) atoms. The van der Waals surface area contributed by atoms with Crippen LogP contribution in [0.4, 0.5) is 0 Å². The molecule has 2 aliphatic rings. The quantitative estimate of drug-likeness (QED) is 0.679. The number of aliphatic hydroxyl groups excluding tert-OH is 1. The molecule has 0 spiro atoms. The van der Waals surface area contributed by atoms with Gasteiger partial charge in [-0.3, -0.25) is 0 Å². The van der Waals surface area contributed by atoms with E-state index in [9.17, 15) is 9.90 Å². The predicted octanol–water partition coefficient (Wildman–Crippen LogP) is 1.41. The average Bonchev–Trinajstić information content (AvgIpc) is 2.65.